The molecule has 2 amide bonds. The maximum atomic E-state index is 13.1. The number of benzene rings is 2. The second-order valence-corrected chi connectivity index (χ2v) is 12.0. The molecule has 2 N–H and O–H groups in total. The van der Waals surface area contributed by atoms with Crippen LogP contribution in [0.2, 0.25) is 15.1 Å². The van der Waals surface area contributed by atoms with Gasteiger partial charge in [-0.1, -0.05) is 34.8 Å². The molecule has 5 nitrogen and oxygen atoms in total. The summed E-state index contributed by atoms with van der Waals surface area (Å²) in [6.45, 7) is 1.52. The molecule has 0 aromatic heterocycles. The van der Waals surface area contributed by atoms with Crippen molar-refractivity contribution >= 4 is 86.3 Å². The molecule has 0 heterocycles. The number of amides is 2. The average Bonchev–Trinajstić information content (AvgIpc) is 2.80. The number of hydrogen-bond acceptors (Lipinski definition) is 3. The topological polar surface area (TPSA) is 75.3 Å². The number of nitrogens with one attached hydrogen (secondary N) is 2. The number of alkyl halides is 5. The molecule has 3 unspecified atom stereocenters. The standard InChI is InChI=1S/C24H24Cl5F3N2O3S/c1-13(12-38(37)5-4-24(30,31)32)33-22(35)18-9-17(2-3-21(18)29)34-23(36)20(11-26)19(10-25)14-6-15(27)8-16(28)7-14/h2-3,6-9,13,19-20H,4-5,10-12H2,1H3,(H,33,35)(H,34,36)/t13-,19?,20?,38?/m1/s1. The summed E-state index contributed by atoms with van der Waals surface area (Å²) in [6.07, 6.45) is -5.58. The molecule has 0 bridgehead atoms. The minimum absolute atomic E-state index is 0.00957. The van der Waals surface area contributed by atoms with E-state index in [1.54, 1.807) is 18.2 Å². The van der Waals surface area contributed by atoms with Gasteiger partial charge in [0.25, 0.3) is 5.91 Å². The van der Waals surface area contributed by atoms with Gasteiger partial charge in [0.05, 0.1) is 22.9 Å². The van der Waals surface area contributed by atoms with Gasteiger partial charge in [0.15, 0.2) is 0 Å². The lowest BCUT2D eigenvalue weighted by Gasteiger charge is -2.24. The van der Waals surface area contributed by atoms with Gasteiger partial charge in [-0.3, -0.25) is 13.8 Å². The number of carbonyl (C=O) groups excluding carboxylic acids is 2. The molecule has 38 heavy (non-hydrogen) atoms. The lowest BCUT2D eigenvalue weighted by atomic mass is 9.88. The van der Waals surface area contributed by atoms with Crippen molar-refractivity contribution in [2.45, 2.75) is 31.5 Å². The van der Waals surface area contributed by atoms with Gasteiger partial charge in [-0.05, 0) is 48.9 Å². The Morgan fingerprint density at radius 1 is 1.00 bits per heavy atom. The quantitative estimate of drug-likeness (QED) is 0.236. The van der Waals surface area contributed by atoms with E-state index in [0.717, 1.165) is 0 Å². The highest BCUT2D eigenvalue weighted by molar-refractivity contribution is 7.85. The molecule has 0 saturated carbocycles. The Balaban J connectivity index is 2.12. The summed E-state index contributed by atoms with van der Waals surface area (Å²) in [5.41, 5.74) is 0.893. The Morgan fingerprint density at radius 2 is 1.63 bits per heavy atom. The van der Waals surface area contributed by atoms with E-state index in [0.29, 0.717) is 15.6 Å². The summed E-state index contributed by atoms with van der Waals surface area (Å²) >= 11 is 30.7. The van der Waals surface area contributed by atoms with Crippen LogP contribution in [0, 0.1) is 5.92 Å². The first-order valence-corrected chi connectivity index (χ1v) is 14.8. The van der Waals surface area contributed by atoms with Crippen molar-refractivity contribution in [1.82, 2.24) is 5.32 Å². The van der Waals surface area contributed by atoms with Crippen molar-refractivity contribution in [2.75, 3.05) is 28.6 Å². The van der Waals surface area contributed by atoms with Crippen molar-refractivity contribution in [3.63, 3.8) is 0 Å². The van der Waals surface area contributed by atoms with Crippen LogP contribution in [0.4, 0.5) is 18.9 Å². The largest absolute Gasteiger partial charge is 0.390 e. The minimum Gasteiger partial charge on any atom is -0.349 e. The number of hydrogen-bond donors (Lipinski definition) is 2. The lowest BCUT2D eigenvalue weighted by Crippen LogP contribution is -2.37. The second-order valence-electron chi connectivity index (χ2n) is 8.46. The van der Waals surface area contributed by atoms with E-state index in [-0.39, 0.29) is 33.8 Å². The van der Waals surface area contributed by atoms with Crippen molar-refractivity contribution in [3.8, 4) is 0 Å². The molecule has 0 aliphatic rings. The van der Waals surface area contributed by atoms with Crippen molar-refractivity contribution in [1.29, 1.82) is 0 Å². The van der Waals surface area contributed by atoms with E-state index in [9.17, 15) is 27.0 Å². The summed E-state index contributed by atoms with van der Waals surface area (Å²) in [5.74, 6) is -3.15. The normalized spacial score (nSPS) is 14.9. The van der Waals surface area contributed by atoms with E-state index < -0.39 is 58.8 Å². The third kappa shape index (κ3) is 10.4. The molecule has 4 atom stereocenters. The molecule has 2 rings (SSSR count). The highest BCUT2D eigenvalue weighted by atomic mass is 35.5. The molecule has 0 radical (unpaired) electrons. The fraction of sp³-hybridized carbons (Fsp3) is 0.417. The molecule has 0 aliphatic heterocycles. The van der Waals surface area contributed by atoms with Crippen molar-refractivity contribution < 1.29 is 27.0 Å². The third-order valence-corrected chi connectivity index (χ3v) is 8.34. The molecule has 210 valence electrons. The molecule has 2 aromatic carbocycles. The van der Waals surface area contributed by atoms with Gasteiger partial charge in [-0.15, -0.1) is 23.2 Å². The van der Waals surface area contributed by atoms with Crippen molar-refractivity contribution in [3.05, 3.63) is 62.6 Å². The van der Waals surface area contributed by atoms with Crippen LogP contribution in [0.25, 0.3) is 0 Å². The fourth-order valence-electron chi connectivity index (χ4n) is 3.53. The van der Waals surface area contributed by atoms with Crippen LogP contribution < -0.4 is 10.6 Å². The molecular formula is C24H24Cl5F3N2O3S. The van der Waals surface area contributed by atoms with Crippen LogP contribution in [0.5, 0.6) is 0 Å². The molecule has 0 aliphatic carbocycles. The fourth-order valence-corrected chi connectivity index (χ4v) is 6.29. The first kappa shape index (κ1) is 33.0. The SMILES string of the molecule is C[C@H](CS(=O)CCC(F)(F)F)NC(=O)c1cc(NC(=O)C(CCl)C(CCl)c2cc(Cl)cc(Cl)c2)ccc1Cl. The molecule has 0 fully saturated rings. The molecular weight excluding hydrogens is 631 g/mol. The van der Waals surface area contributed by atoms with Crippen LogP contribution in [-0.2, 0) is 15.6 Å². The predicted molar refractivity (Wildman–Crippen MR) is 150 cm³/mol. The molecule has 14 heteroatoms. The molecule has 0 saturated heterocycles. The van der Waals surface area contributed by atoms with E-state index in [1.807, 2.05) is 0 Å². The predicted octanol–water partition coefficient (Wildman–Crippen LogP) is 7.28. The van der Waals surface area contributed by atoms with Crippen molar-refractivity contribution in [2.24, 2.45) is 5.92 Å². The van der Waals surface area contributed by atoms with E-state index in [1.165, 1.54) is 25.1 Å². The highest BCUT2D eigenvalue weighted by Gasteiger charge is 2.30. The third-order valence-electron chi connectivity index (χ3n) is 5.37. The summed E-state index contributed by atoms with van der Waals surface area (Å²) < 4.78 is 48.9. The van der Waals surface area contributed by atoms with Crippen LogP contribution in [0.15, 0.2) is 36.4 Å². The monoisotopic (exact) mass is 652 g/mol. The first-order valence-electron chi connectivity index (χ1n) is 11.1. The van der Waals surface area contributed by atoms with Gasteiger partial charge in [0, 0.05) is 61.8 Å². The Kier molecular flexibility index (Phi) is 13.0. The van der Waals surface area contributed by atoms with E-state index in [4.69, 9.17) is 58.0 Å². The number of rotatable bonds is 12. The second kappa shape index (κ2) is 15.0. The Labute approximate surface area is 246 Å². The van der Waals surface area contributed by atoms with Crippen LogP contribution >= 0.6 is 58.0 Å². The zero-order valence-electron chi connectivity index (χ0n) is 19.9. The first-order chi connectivity index (χ1) is 17.7. The maximum absolute atomic E-state index is 13.1. The van der Waals surface area contributed by atoms with Gasteiger partial charge in [-0.2, -0.15) is 13.2 Å². The lowest BCUT2D eigenvalue weighted by molar-refractivity contribution is -0.129. The van der Waals surface area contributed by atoms with E-state index in [2.05, 4.69) is 10.6 Å². The summed E-state index contributed by atoms with van der Waals surface area (Å²) in [5, 5.41) is 6.10. The average molecular weight is 655 g/mol. The van der Waals surface area contributed by atoms with Gasteiger partial charge in [0.1, 0.15) is 0 Å². The number of anilines is 1. The Hall–Kier alpha value is -1.23. The maximum Gasteiger partial charge on any atom is 0.390 e. The summed E-state index contributed by atoms with van der Waals surface area (Å²) in [4.78, 5) is 25.9. The summed E-state index contributed by atoms with van der Waals surface area (Å²) in [7, 11) is -1.78. The minimum atomic E-state index is -4.41. The number of carbonyl (C=O) groups is 2. The highest BCUT2D eigenvalue weighted by Crippen LogP contribution is 2.33. The van der Waals surface area contributed by atoms with Crippen LogP contribution in [0.1, 0.15) is 35.2 Å². The molecule has 0 spiro atoms. The van der Waals surface area contributed by atoms with Gasteiger partial charge < -0.3 is 10.6 Å². The van der Waals surface area contributed by atoms with E-state index >= 15 is 0 Å². The van der Waals surface area contributed by atoms with Crippen LogP contribution in [0.3, 0.4) is 0 Å². The Morgan fingerprint density at radius 3 is 2.18 bits per heavy atom. The number of halogens is 8. The van der Waals surface area contributed by atoms with Gasteiger partial charge in [0.2, 0.25) is 5.91 Å². The zero-order chi connectivity index (χ0) is 28.6. The van der Waals surface area contributed by atoms with Gasteiger partial charge >= 0.3 is 6.18 Å². The molecule has 2 aromatic rings. The van der Waals surface area contributed by atoms with Crippen LogP contribution in [-0.4, -0.2) is 51.5 Å². The van der Waals surface area contributed by atoms with Gasteiger partial charge in [-0.25, -0.2) is 0 Å². The Bertz CT molecular complexity index is 1150. The summed E-state index contributed by atoms with van der Waals surface area (Å²) in [6, 6.07) is 8.40. The smallest absolute Gasteiger partial charge is 0.349 e. The zero-order valence-corrected chi connectivity index (χ0v) is 24.5.